The van der Waals surface area contributed by atoms with Gasteiger partial charge in [0.05, 0.1) is 17.9 Å². The normalized spacial score (nSPS) is 10.9. The zero-order chi connectivity index (χ0) is 14.1. The first-order chi connectivity index (χ1) is 9.65. The van der Waals surface area contributed by atoms with E-state index in [0.717, 1.165) is 0 Å². The van der Waals surface area contributed by atoms with Gasteiger partial charge in [0.1, 0.15) is 11.3 Å². The molecular weight excluding hydrogens is 257 g/mol. The van der Waals surface area contributed by atoms with Gasteiger partial charge in [-0.25, -0.2) is 9.37 Å². The molecule has 4 nitrogen and oxygen atoms in total. The summed E-state index contributed by atoms with van der Waals surface area (Å²) in [7, 11) is 1.79. The van der Waals surface area contributed by atoms with E-state index in [-0.39, 0.29) is 5.82 Å². The van der Waals surface area contributed by atoms with Crippen LogP contribution >= 0.6 is 0 Å². The van der Waals surface area contributed by atoms with Gasteiger partial charge in [0.2, 0.25) is 5.89 Å². The average molecular weight is 271 g/mol. The topological polar surface area (TPSA) is 55.3 Å². The summed E-state index contributed by atoms with van der Waals surface area (Å²) < 4.78 is 19.3. The maximum atomic E-state index is 13.7. The van der Waals surface area contributed by atoms with Gasteiger partial charge < -0.3 is 15.1 Å². The highest BCUT2D eigenvalue weighted by atomic mass is 19.1. The number of nitrogen functional groups attached to an aromatic ring is 1. The van der Waals surface area contributed by atoms with E-state index in [9.17, 15) is 4.39 Å². The fourth-order valence-electron chi connectivity index (χ4n) is 2.13. The number of anilines is 2. The largest absolute Gasteiger partial charge is 0.439 e. The summed E-state index contributed by atoms with van der Waals surface area (Å²) >= 11 is 0. The van der Waals surface area contributed by atoms with Gasteiger partial charge in [-0.3, -0.25) is 0 Å². The molecule has 0 saturated heterocycles. The number of hydrogen-bond donors (Lipinski definition) is 1. The van der Waals surface area contributed by atoms with Crippen LogP contribution in [-0.2, 0) is 6.54 Å². The van der Waals surface area contributed by atoms with E-state index in [4.69, 9.17) is 10.2 Å². The van der Waals surface area contributed by atoms with Gasteiger partial charge in [-0.1, -0.05) is 18.2 Å². The highest BCUT2D eigenvalue weighted by Gasteiger charge is 2.12. The van der Waals surface area contributed by atoms with Crippen molar-refractivity contribution in [1.82, 2.24) is 4.98 Å². The molecule has 20 heavy (non-hydrogen) atoms. The van der Waals surface area contributed by atoms with Gasteiger partial charge in [0.25, 0.3) is 0 Å². The van der Waals surface area contributed by atoms with E-state index in [0.29, 0.717) is 34.9 Å². The van der Waals surface area contributed by atoms with Crippen LogP contribution in [0.15, 0.2) is 46.9 Å². The number of nitrogens with zero attached hydrogens (tertiary/aromatic N) is 2. The third-order valence-electron chi connectivity index (χ3n) is 3.13. The molecule has 1 aromatic heterocycles. The number of nitrogens with two attached hydrogens (primary N) is 1. The molecular formula is C15H14FN3O. The lowest BCUT2D eigenvalue weighted by Crippen LogP contribution is -2.17. The second kappa shape index (κ2) is 4.85. The van der Waals surface area contributed by atoms with Crippen LogP contribution in [0.3, 0.4) is 0 Å². The van der Waals surface area contributed by atoms with Crippen LogP contribution in [0.25, 0.3) is 11.1 Å². The Bertz CT molecular complexity index is 754. The number of fused-ring (bicyclic) bond motifs is 1. The van der Waals surface area contributed by atoms with Gasteiger partial charge in [-0.15, -0.1) is 0 Å². The van der Waals surface area contributed by atoms with Gasteiger partial charge in [-0.2, -0.15) is 0 Å². The Morgan fingerprint density at radius 1 is 1.20 bits per heavy atom. The van der Waals surface area contributed by atoms with Crippen LogP contribution in [0, 0.1) is 5.82 Å². The molecule has 0 spiro atoms. The van der Waals surface area contributed by atoms with Crippen molar-refractivity contribution < 1.29 is 8.81 Å². The molecule has 0 amide bonds. The van der Waals surface area contributed by atoms with E-state index in [1.54, 1.807) is 36.2 Å². The molecule has 0 saturated carbocycles. The molecule has 0 unspecified atom stereocenters. The molecule has 3 rings (SSSR count). The van der Waals surface area contributed by atoms with Crippen molar-refractivity contribution in [3.05, 3.63) is 54.2 Å². The number of rotatable bonds is 3. The Hall–Kier alpha value is -2.56. The van der Waals surface area contributed by atoms with Gasteiger partial charge in [0, 0.05) is 7.05 Å². The number of halogens is 1. The zero-order valence-electron chi connectivity index (χ0n) is 11.0. The third-order valence-corrected chi connectivity index (χ3v) is 3.13. The molecule has 5 heteroatoms. The molecule has 0 aliphatic carbocycles. The minimum absolute atomic E-state index is 0.273. The van der Waals surface area contributed by atoms with Crippen LogP contribution in [-0.4, -0.2) is 12.0 Å². The second-order valence-corrected chi connectivity index (χ2v) is 4.61. The van der Waals surface area contributed by atoms with E-state index >= 15 is 0 Å². The summed E-state index contributed by atoms with van der Waals surface area (Å²) in [5.41, 5.74) is 8.20. The molecule has 0 fully saturated rings. The fourth-order valence-corrected chi connectivity index (χ4v) is 2.13. The molecule has 2 aromatic carbocycles. The van der Waals surface area contributed by atoms with Crippen molar-refractivity contribution in [3.63, 3.8) is 0 Å². The molecule has 0 radical (unpaired) electrons. The van der Waals surface area contributed by atoms with Crippen molar-refractivity contribution in [3.8, 4) is 0 Å². The number of hydrogen-bond acceptors (Lipinski definition) is 4. The molecule has 0 atom stereocenters. The molecule has 0 aliphatic rings. The lowest BCUT2D eigenvalue weighted by atomic mass is 10.3. The quantitative estimate of drug-likeness (QED) is 0.743. The lowest BCUT2D eigenvalue weighted by Gasteiger charge is -2.17. The standard InChI is InChI=1S/C15H14FN3O/c1-19(12-7-3-2-5-10(12)16)9-14-18-15-11(17)6-4-8-13(15)20-14/h2-8H,9,17H2,1H3. The summed E-state index contributed by atoms with van der Waals surface area (Å²) in [5.74, 6) is 0.231. The molecule has 102 valence electrons. The van der Waals surface area contributed by atoms with Gasteiger partial charge >= 0.3 is 0 Å². The van der Waals surface area contributed by atoms with Crippen LogP contribution in [0.2, 0.25) is 0 Å². The molecule has 2 N–H and O–H groups in total. The first-order valence-corrected chi connectivity index (χ1v) is 6.25. The minimum atomic E-state index is -0.273. The summed E-state index contributed by atoms with van der Waals surface area (Å²) in [6.45, 7) is 0.370. The Kier molecular flexibility index (Phi) is 3.02. The van der Waals surface area contributed by atoms with Crippen molar-refractivity contribution in [2.75, 3.05) is 17.7 Å². The highest BCUT2D eigenvalue weighted by Crippen LogP contribution is 2.24. The maximum absolute atomic E-state index is 13.7. The van der Waals surface area contributed by atoms with E-state index in [1.165, 1.54) is 6.07 Å². The van der Waals surface area contributed by atoms with E-state index in [1.807, 2.05) is 12.1 Å². The van der Waals surface area contributed by atoms with Crippen LogP contribution in [0.5, 0.6) is 0 Å². The number of aromatic nitrogens is 1. The number of oxazole rings is 1. The SMILES string of the molecule is CN(Cc1nc2c(N)cccc2o1)c1ccccc1F. The van der Waals surface area contributed by atoms with Crippen molar-refractivity contribution >= 4 is 22.5 Å². The zero-order valence-corrected chi connectivity index (χ0v) is 11.0. The Labute approximate surface area is 115 Å². The second-order valence-electron chi connectivity index (χ2n) is 4.61. The summed E-state index contributed by atoms with van der Waals surface area (Å²) in [5, 5.41) is 0. The van der Waals surface area contributed by atoms with E-state index < -0.39 is 0 Å². The third kappa shape index (κ3) is 2.18. The van der Waals surface area contributed by atoms with Crippen molar-refractivity contribution in [2.24, 2.45) is 0 Å². The summed E-state index contributed by atoms with van der Waals surface area (Å²) in [6.07, 6.45) is 0. The van der Waals surface area contributed by atoms with Crippen molar-refractivity contribution in [1.29, 1.82) is 0 Å². The first-order valence-electron chi connectivity index (χ1n) is 6.25. The summed E-state index contributed by atoms with van der Waals surface area (Å²) in [4.78, 5) is 6.10. The Morgan fingerprint density at radius 3 is 2.75 bits per heavy atom. The maximum Gasteiger partial charge on any atom is 0.215 e. The lowest BCUT2D eigenvalue weighted by molar-refractivity contribution is 0.524. The van der Waals surface area contributed by atoms with Gasteiger partial charge in [0.15, 0.2) is 5.58 Å². The summed E-state index contributed by atoms with van der Waals surface area (Å²) in [6, 6.07) is 12.0. The van der Waals surface area contributed by atoms with Crippen molar-refractivity contribution in [2.45, 2.75) is 6.54 Å². The predicted molar refractivity (Wildman–Crippen MR) is 76.9 cm³/mol. The van der Waals surface area contributed by atoms with Crippen LogP contribution in [0.4, 0.5) is 15.8 Å². The van der Waals surface area contributed by atoms with Gasteiger partial charge in [-0.05, 0) is 24.3 Å². The van der Waals surface area contributed by atoms with E-state index in [2.05, 4.69) is 4.98 Å². The Balaban J connectivity index is 1.90. The predicted octanol–water partition coefficient (Wildman–Crippen LogP) is 3.19. The number of benzene rings is 2. The van der Waals surface area contributed by atoms with Crippen LogP contribution < -0.4 is 10.6 Å². The molecule has 0 aliphatic heterocycles. The molecule has 1 heterocycles. The first kappa shape index (κ1) is 12.5. The molecule has 0 bridgehead atoms. The highest BCUT2D eigenvalue weighted by molar-refractivity contribution is 5.85. The number of para-hydroxylation sites is 2. The fraction of sp³-hybridized carbons (Fsp3) is 0.133. The minimum Gasteiger partial charge on any atom is -0.439 e. The monoisotopic (exact) mass is 271 g/mol. The smallest absolute Gasteiger partial charge is 0.215 e. The Morgan fingerprint density at radius 2 is 2.00 bits per heavy atom. The van der Waals surface area contributed by atoms with Crippen LogP contribution in [0.1, 0.15) is 5.89 Å². The molecule has 3 aromatic rings. The average Bonchev–Trinajstić information content (AvgIpc) is 2.83.